The number of anilines is 1. The van der Waals surface area contributed by atoms with Gasteiger partial charge in [0.1, 0.15) is 10.3 Å². The standard InChI is InChI=1S/C19H14BrFN4O2/c1-10-13(12-4-2-11(7-22)3-5-12)8-25(17(10)19(26)27)9-16-15(23)6-14(21)18(20)24-16/h2-6,8H,9,23H2,1H3,(H,26,27). The molecule has 3 rings (SSSR count). The normalized spacial score (nSPS) is 10.6. The first kappa shape index (κ1) is 18.6. The molecular formula is C19H14BrFN4O2. The predicted molar refractivity (Wildman–Crippen MR) is 102 cm³/mol. The van der Waals surface area contributed by atoms with Gasteiger partial charge < -0.3 is 15.4 Å². The summed E-state index contributed by atoms with van der Waals surface area (Å²) in [7, 11) is 0. The van der Waals surface area contributed by atoms with Crippen molar-refractivity contribution in [3.05, 3.63) is 69.5 Å². The summed E-state index contributed by atoms with van der Waals surface area (Å²) in [4.78, 5) is 15.9. The summed E-state index contributed by atoms with van der Waals surface area (Å²) in [5, 5.41) is 18.6. The number of benzene rings is 1. The summed E-state index contributed by atoms with van der Waals surface area (Å²) in [5.41, 5.74) is 9.02. The molecule has 2 heterocycles. The number of hydrogen-bond donors (Lipinski definition) is 2. The summed E-state index contributed by atoms with van der Waals surface area (Å²) in [6.45, 7) is 1.79. The van der Waals surface area contributed by atoms with Gasteiger partial charge in [-0.25, -0.2) is 14.2 Å². The third-order valence-electron chi connectivity index (χ3n) is 4.22. The zero-order chi connectivity index (χ0) is 19.7. The van der Waals surface area contributed by atoms with Crippen LogP contribution < -0.4 is 5.73 Å². The minimum absolute atomic E-state index is 0.0137. The van der Waals surface area contributed by atoms with Gasteiger partial charge in [-0.1, -0.05) is 12.1 Å². The van der Waals surface area contributed by atoms with Gasteiger partial charge in [0, 0.05) is 17.8 Å². The fraction of sp³-hybridized carbons (Fsp3) is 0.105. The van der Waals surface area contributed by atoms with E-state index in [0.717, 1.165) is 17.2 Å². The SMILES string of the molecule is Cc1c(-c2ccc(C#N)cc2)cn(Cc2nc(Br)c(F)cc2N)c1C(=O)O. The topological polar surface area (TPSA) is 105 Å². The molecular weight excluding hydrogens is 415 g/mol. The highest BCUT2D eigenvalue weighted by molar-refractivity contribution is 9.10. The number of nitrogens with zero attached hydrogens (tertiary/aromatic N) is 3. The van der Waals surface area contributed by atoms with Gasteiger partial charge in [0.05, 0.1) is 29.6 Å². The van der Waals surface area contributed by atoms with Crippen LogP contribution >= 0.6 is 15.9 Å². The van der Waals surface area contributed by atoms with E-state index in [2.05, 4.69) is 20.9 Å². The molecule has 0 fully saturated rings. The number of carboxylic acid groups (broad SMARTS) is 1. The molecule has 0 spiro atoms. The molecule has 27 heavy (non-hydrogen) atoms. The van der Waals surface area contributed by atoms with Crippen molar-refractivity contribution in [2.45, 2.75) is 13.5 Å². The van der Waals surface area contributed by atoms with Crippen molar-refractivity contribution in [3.63, 3.8) is 0 Å². The van der Waals surface area contributed by atoms with E-state index in [1.807, 2.05) is 6.07 Å². The highest BCUT2D eigenvalue weighted by Gasteiger charge is 2.20. The Morgan fingerprint density at radius 3 is 2.67 bits per heavy atom. The van der Waals surface area contributed by atoms with Crippen molar-refractivity contribution in [2.24, 2.45) is 0 Å². The number of halogens is 2. The first-order valence-electron chi connectivity index (χ1n) is 7.85. The maximum absolute atomic E-state index is 13.5. The quantitative estimate of drug-likeness (QED) is 0.611. The summed E-state index contributed by atoms with van der Waals surface area (Å²) in [6.07, 6.45) is 1.69. The van der Waals surface area contributed by atoms with Gasteiger partial charge in [0.25, 0.3) is 0 Å². The van der Waals surface area contributed by atoms with Gasteiger partial charge >= 0.3 is 5.97 Å². The molecule has 0 aliphatic heterocycles. The van der Waals surface area contributed by atoms with E-state index in [1.54, 1.807) is 37.4 Å². The number of carboxylic acids is 1. The third-order valence-corrected chi connectivity index (χ3v) is 4.78. The zero-order valence-corrected chi connectivity index (χ0v) is 15.8. The molecule has 3 aromatic rings. The van der Waals surface area contributed by atoms with Crippen molar-refractivity contribution in [1.82, 2.24) is 9.55 Å². The molecule has 0 amide bonds. The lowest BCUT2D eigenvalue weighted by molar-refractivity contribution is 0.0685. The van der Waals surface area contributed by atoms with Gasteiger partial charge in [0.15, 0.2) is 5.82 Å². The fourth-order valence-electron chi connectivity index (χ4n) is 2.89. The van der Waals surface area contributed by atoms with Gasteiger partial charge in [-0.05, 0) is 46.1 Å². The summed E-state index contributed by atoms with van der Waals surface area (Å²) in [6, 6.07) is 10.1. The Morgan fingerprint density at radius 1 is 1.41 bits per heavy atom. The highest BCUT2D eigenvalue weighted by Crippen LogP contribution is 2.29. The van der Waals surface area contributed by atoms with Crippen LogP contribution in [0.3, 0.4) is 0 Å². The van der Waals surface area contributed by atoms with Gasteiger partial charge in [-0.15, -0.1) is 0 Å². The number of aromatic nitrogens is 2. The summed E-state index contributed by atoms with van der Waals surface area (Å²) in [5.74, 6) is -1.68. The number of carbonyl (C=O) groups is 1. The van der Waals surface area contributed by atoms with E-state index >= 15 is 0 Å². The van der Waals surface area contributed by atoms with Crippen molar-refractivity contribution in [3.8, 4) is 17.2 Å². The Morgan fingerprint density at radius 2 is 2.07 bits per heavy atom. The Hall–Kier alpha value is -3.18. The molecule has 0 atom stereocenters. The predicted octanol–water partition coefficient (Wildman–Crippen LogP) is 3.96. The smallest absolute Gasteiger partial charge is 0.352 e. The lowest BCUT2D eigenvalue weighted by atomic mass is 10.0. The molecule has 0 unspecified atom stereocenters. The lowest BCUT2D eigenvalue weighted by Gasteiger charge is -2.09. The molecule has 1 aromatic carbocycles. The van der Waals surface area contributed by atoms with Crippen LogP contribution in [0.2, 0.25) is 0 Å². The molecule has 2 aromatic heterocycles. The van der Waals surface area contributed by atoms with E-state index in [0.29, 0.717) is 16.8 Å². The molecule has 0 saturated carbocycles. The van der Waals surface area contributed by atoms with Crippen LogP contribution in [0.5, 0.6) is 0 Å². The summed E-state index contributed by atoms with van der Waals surface area (Å²) < 4.78 is 15.1. The molecule has 0 radical (unpaired) electrons. The van der Waals surface area contributed by atoms with Crippen LogP contribution in [0.15, 0.2) is 41.1 Å². The molecule has 0 aliphatic rings. The van der Waals surface area contributed by atoms with Crippen LogP contribution in [0.25, 0.3) is 11.1 Å². The second kappa shape index (κ2) is 7.21. The van der Waals surface area contributed by atoms with Crippen molar-refractivity contribution < 1.29 is 14.3 Å². The Bertz CT molecular complexity index is 1080. The second-order valence-electron chi connectivity index (χ2n) is 5.94. The molecule has 6 nitrogen and oxygen atoms in total. The highest BCUT2D eigenvalue weighted by atomic mass is 79.9. The number of aromatic carboxylic acids is 1. The van der Waals surface area contributed by atoms with E-state index in [4.69, 9.17) is 11.0 Å². The monoisotopic (exact) mass is 428 g/mol. The molecule has 136 valence electrons. The second-order valence-corrected chi connectivity index (χ2v) is 6.69. The average molecular weight is 429 g/mol. The molecule has 3 N–H and O–H groups in total. The number of nitrogens with two attached hydrogens (primary N) is 1. The van der Waals surface area contributed by atoms with Gasteiger partial charge in [0.2, 0.25) is 0 Å². The van der Waals surface area contributed by atoms with E-state index in [9.17, 15) is 14.3 Å². The first-order valence-corrected chi connectivity index (χ1v) is 8.65. The van der Waals surface area contributed by atoms with E-state index < -0.39 is 11.8 Å². The van der Waals surface area contributed by atoms with Crippen LogP contribution in [0, 0.1) is 24.1 Å². The number of nitrogen functional groups attached to an aromatic ring is 1. The first-order chi connectivity index (χ1) is 12.8. The zero-order valence-electron chi connectivity index (χ0n) is 14.2. The molecule has 8 heteroatoms. The largest absolute Gasteiger partial charge is 0.477 e. The Kier molecular flexibility index (Phi) is 4.97. The Balaban J connectivity index is 2.09. The van der Waals surface area contributed by atoms with Gasteiger partial charge in [-0.2, -0.15) is 5.26 Å². The Labute approximate surface area is 162 Å². The maximum atomic E-state index is 13.5. The van der Waals surface area contributed by atoms with Gasteiger partial charge in [-0.3, -0.25) is 0 Å². The maximum Gasteiger partial charge on any atom is 0.352 e. The molecule has 0 bridgehead atoms. The van der Waals surface area contributed by atoms with Crippen LogP contribution in [-0.2, 0) is 6.54 Å². The average Bonchev–Trinajstić information content (AvgIpc) is 2.96. The van der Waals surface area contributed by atoms with E-state index in [1.165, 1.54) is 4.57 Å². The van der Waals surface area contributed by atoms with E-state index in [-0.39, 0.29) is 22.5 Å². The lowest BCUT2D eigenvalue weighted by Crippen LogP contribution is -2.12. The number of nitriles is 1. The molecule has 0 aliphatic carbocycles. The van der Waals surface area contributed by atoms with Crippen molar-refractivity contribution in [1.29, 1.82) is 5.26 Å². The summed E-state index contributed by atoms with van der Waals surface area (Å²) >= 11 is 3.02. The minimum atomic E-state index is -1.09. The number of hydrogen-bond acceptors (Lipinski definition) is 4. The van der Waals surface area contributed by atoms with Crippen LogP contribution in [-0.4, -0.2) is 20.6 Å². The number of rotatable bonds is 4. The fourth-order valence-corrected chi connectivity index (χ4v) is 3.22. The van der Waals surface area contributed by atoms with Crippen LogP contribution in [0.4, 0.5) is 10.1 Å². The molecule has 0 saturated heterocycles. The third kappa shape index (κ3) is 3.55. The van der Waals surface area contributed by atoms with Crippen molar-refractivity contribution >= 4 is 27.6 Å². The van der Waals surface area contributed by atoms with Crippen LogP contribution in [0.1, 0.15) is 27.3 Å². The van der Waals surface area contributed by atoms with Crippen molar-refractivity contribution in [2.75, 3.05) is 5.73 Å². The minimum Gasteiger partial charge on any atom is -0.477 e. The number of pyridine rings is 1.